The lowest BCUT2D eigenvalue weighted by Gasteiger charge is -2.35. The SMILES string of the molecule is CC(C)(C)OC(=O)N1CCN(/C=C(/C#N)C(=O)NCC(=O)O)CC1. The topological polar surface area (TPSA) is 123 Å². The van der Waals surface area contributed by atoms with Gasteiger partial charge in [-0.15, -0.1) is 0 Å². The standard InChI is InChI=1S/C15H22N4O5/c1-15(2,3)24-14(23)19-6-4-18(5-7-19)10-11(8-16)13(22)17-9-12(20)21/h10H,4-7,9H2,1-3H3,(H,17,22)(H,20,21)/b11-10-. The summed E-state index contributed by atoms with van der Waals surface area (Å²) in [6.45, 7) is 6.51. The highest BCUT2D eigenvalue weighted by atomic mass is 16.6. The van der Waals surface area contributed by atoms with E-state index in [1.165, 1.54) is 6.20 Å². The second-order valence-corrected chi connectivity index (χ2v) is 6.23. The molecule has 132 valence electrons. The van der Waals surface area contributed by atoms with Gasteiger partial charge in [0.15, 0.2) is 0 Å². The fourth-order valence-electron chi connectivity index (χ4n) is 1.93. The molecule has 2 N–H and O–H groups in total. The van der Waals surface area contributed by atoms with Crippen molar-refractivity contribution < 1.29 is 24.2 Å². The van der Waals surface area contributed by atoms with E-state index in [0.29, 0.717) is 26.2 Å². The van der Waals surface area contributed by atoms with Crippen molar-refractivity contribution >= 4 is 18.0 Å². The molecule has 1 aliphatic heterocycles. The molecule has 1 heterocycles. The summed E-state index contributed by atoms with van der Waals surface area (Å²) >= 11 is 0. The lowest BCUT2D eigenvalue weighted by Crippen LogP contribution is -2.48. The maximum absolute atomic E-state index is 12.0. The predicted molar refractivity (Wildman–Crippen MR) is 83.7 cm³/mol. The number of nitriles is 1. The Morgan fingerprint density at radius 1 is 1.25 bits per heavy atom. The molecule has 24 heavy (non-hydrogen) atoms. The van der Waals surface area contributed by atoms with Crippen LogP contribution in [0.5, 0.6) is 0 Å². The molecule has 1 aliphatic rings. The Hall–Kier alpha value is -2.76. The van der Waals surface area contributed by atoms with Crippen molar-refractivity contribution in [1.29, 1.82) is 5.26 Å². The van der Waals surface area contributed by atoms with Gasteiger partial charge in [-0.25, -0.2) is 4.79 Å². The van der Waals surface area contributed by atoms with Crippen LogP contribution >= 0.6 is 0 Å². The molecule has 9 heteroatoms. The molecule has 1 fully saturated rings. The third-order valence-electron chi connectivity index (χ3n) is 3.04. The maximum Gasteiger partial charge on any atom is 0.410 e. The zero-order valence-corrected chi connectivity index (χ0v) is 14.0. The zero-order chi connectivity index (χ0) is 18.3. The van der Waals surface area contributed by atoms with E-state index in [0.717, 1.165) is 0 Å². The average molecular weight is 338 g/mol. The monoisotopic (exact) mass is 338 g/mol. The number of carboxylic acid groups (broad SMARTS) is 1. The molecule has 0 radical (unpaired) electrons. The molecule has 0 unspecified atom stereocenters. The van der Waals surface area contributed by atoms with Gasteiger partial charge in [-0.2, -0.15) is 5.26 Å². The van der Waals surface area contributed by atoms with Crippen LogP contribution in [0.25, 0.3) is 0 Å². The first-order valence-corrected chi connectivity index (χ1v) is 7.46. The van der Waals surface area contributed by atoms with Gasteiger partial charge in [0.25, 0.3) is 5.91 Å². The lowest BCUT2D eigenvalue weighted by atomic mass is 10.2. The Kier molecular flexibility index (Phi) is 6.58. The van der Waals surface area contributed by atoms with E-state index < -0.39 is 30.1 Å². The quantitative estimate of drug-likeness (QED) is 0.552. The second-order valence-electron chi connectivity index (χ2n) is 6.23. The van der Waals surface area contributed by atoms with Crippen LogP contribution in [-0.2, 0) is 14.3 Å². The third-order valence-corrected chi connectivity index (χ3v) is 3.04. The van der Waals surface area contributed by atoms with Gasteiger partial charge in [-0.1, -0.05) is 0 Å². The number of nitrogens with one attached hydrogen (secondary N) is 1. The zero-order valence-electron chi connectivity index (χ0n) is 14.0. The first-order valence-electron chi connectivity index (χ1n) is 7.46. The van der Waals surface area contributed by atoms with Gasteiger partial charge in [-0.05, 0) is 20.8 Å². The van der Waals surface area contributed by atoms with Gasteiger partial charge >= 0.3 is 12.1 Å². The molecular weight excluding hydrogens is 316 g/mol. The number of carbonyl (C=O) groups is 3. The smallest absolute Gasteiger partial charge is 0.410 e. The van der Waals surface area contributed by atoms with Crippen LogP contribution < -0.4 is 5.32 Å². The number of hydrogen-bond acceptors (Lipinski definition) is 6. The van der Waals surface area contributed by atoms with Crippen LogP contribution in [0.15, 0.2) is 11.8 Å². The molecule has 0 spiro atoms. The predicted octanol–water partition coefficient (Wildman–Crippen LogP) is 0.147. The number of aliphatic carboxylic acids is 1. The summed E-state index contributed by atoms with van der Waals surface area (Å²) in [7, 11) is 0. The van der Waals surface area contributed by atoms with Crippen LogP contribution in [0, 0.1) is 11.3 Å². The molecule has 0 bridgehead atoms. The molecule has 0 saturated carbocycles. The Balaban J connectivity index is 2.57. The lowest BCUT2D eigenvalue weighted by molar-refractivity contribution is -0.137. The second kappa shape index (κ2) is 8.19. The summed E-state index contributed by atoms with van der Waals surface area (Å²) in [5.41, 5.74) is -0.744. The Labute approximate surface area is 140 Å². The fraction of sp³-hybridized carbons (Fsp3) is 0.600. The van der Waals surface area contributed by atoms with Crippen molar-refractivity contribution in [3.63, 3.8) is 0 Å². The van der Waals surface area contributed by atoms with Crippen molar-refractivity contribution in [1.82, 2.24) is 15.1 Å². The van der Waals surface area contributed by atoms with Crippen molar-refractivity contribution in [2.45, 2.75) is 26.4 Å². The van der Waals surface area contributed by atoms with E-state index in [-0.39, 0.29) is 5.57 Å². The fourth-order valence-corrected chi connectivity index (χ4v) is 1.93. The Morgan fingerprint density at radius 2 is 1.83 bits per heavy atom. The Morgan fingerprint density at radius 3 is 2.29 bits per heavy atom. The highest BCUT2D eigenvalue weighted by molar-refractivity contribution is 5.98. The summed E-state index contributed by atoms with van der Waals surface area (Å²) in [6, 6.07) is 1.75. The van der Waals surface area contributed by atoms with E-state index in [1.807, 2.05) is 0 Å². The number of ether oxygens (including phenoxy) is 1. The van der Waals surface area contributed by atoms with Crippen LogP contribution in [0.4, 0.5) is 4.79 Å². The average Bonchev–Trinajstić information content (AvgIpc) is 2.49. The van der Waals surface area contributed by atoms with E-state index >= 15 is 0 Å². The maximum atomic E-state index is 12.0. The summed E-state index contributed by atoms with van der Waals surface area (Å²) in [5.74, 6) is -1.93. The van der Waals surface area contributed by atoms with Crippen molar-refractivity contribution in [2.75, 3.05) is 32.7 Å². The van der Waals surface area contributed by atoms with E-state index in [9.17, 15) is 14.4 Å². The minimum Gasteiger partial charge on any atom is -0.480 e. The molecule has 0 aromatic carbocycles. The van der Waals surface area contributed by atoms with Crippen LogP contribution in [0.1, 0.15) is 20.8 Å². The molecule has 0 aromatic rings. The van der Waals surface area contributed by atoms with E-state index in [1.54, 1.807) is 36.6 Å². The third kappa shape index (κ3) is 6.56. The summed E-state index contributed by atoms with van der Waals surface area (Å²) in [6.07, 6.45) is 0.981. The summed E-state index contributed by atoms with van der Waals surface area (Å²) in [5, 5.41) is 19.7. The van der Waals surface area contributed by atoms with Crippen LogP contribution in [0.3, 0.4) is 0 Å². The molecule has 2 amide bonds. The minimum absolute atomic E-state index is 0.179. The van der Waals surface area contributed by atoms with Crippen molar-refractivity contribution in [3.05, 3.63) is 11.8 Å². The molecular formula is C15H22N4O5. The summed E-state index contributed by atoms with van der Waals surface area (Å²) in [4.78, 5) is 37.4. The highest BCUT2D eigenvalue weighted by Crippen LogP contribution is 2.12. The first kappa shape index (κ1) is 19.3. The molecule has 1 rings (SSSR count). The molecule has 0 aliphatic carbocycles. The largest absolute Gasteiger partial charge is 0.480 e. The van der Waals surface area contributed by atoms with Gasteiger partial charge in [0, 0.05) is 32.4 Å². The first-order chi connectivity index (χ1) is 11.1. The van der Waals surface area contributed by atoms with Crippen LogP contribution in [-0.4, -0.2) is 71.2 Å². The normalized spacial score (nSPS) is 15.5. The molecule has 0 atom stereocenters. The van der Waals surface area contributed by atoms with Gasteiger partial charge in [0.05, 0.1) is 0 Å². The van der Waals surface area contributed by atoms with Crippen molar-refractivity contribution in [3.8, 4) is 6.07 Å². The number of carbonyl (C=O) groups excluding carboxylic acids is 2. The number of carboxylic acids is 1. The van der Waals surface area contributed by atoms with Crippen LogP contribution in [0.2, 0.25) is 0 Å². The van der Waals surface area contributed by atoms with E-state index in [2.05, 4.69) is 5.32 Å². The Bertz CT molecular complexity index is 565. The molecule has 1 saturated heterocycles. The number of nitrogens with zero attached hydrogens (tertiary/aromatic N) is 3. The molecule has 0 aromatic heterocycles. The number of rotatable bonds is 4. The highest BCUT2D eigenvalue weighted by Gasteiger charge is 2.25. The summed E-state index contributed by atoms with van der Waals surface area (Å²) < 4.78 is 5.29. The van der Waals surface area contributed by atoms with Gasteiger partial charge in [-0.3, -0.25) is 9.59 Å². The number of piperazine rings is 1. The minimum atomic E-state index is -1.19. The number of hydrogen-bond donors (Lipinski definition) is 2. The van der Waals surface area contributed by atoms with E-state index in [4.69, 9.17) is 15.1 Å². The number of amides is 2. The molecule has 9 nitrogen and oxygen atoms in total. The van der Waals surface area contributed by atoms with Gasteiger partial charge < -0.3 is 25.0 Å². The van der Waals surface area contributed by atoms with Crippen molar-refractivity contribution in [2.24, 2.45) is 0 Å². The van der Waals surface area contributed by atoms with Gasteiger partial charge in [0.1, 0.15) is 23.8 Å². The van der Waals surface area contributed by atoms with Gasteiger partial charge in [0.2, 0.25) is 0 Å².